The number of nitrogens with one attached hydrogen (secondary N) is 1. The number of fused-ring (bicyclic) bond motifs is 1. The van der Waals surface area contributed by atoms with Crippen LogP contribution in [0.15, 0.2) is 34.9 Å². The normalized spacial score (nSPS) is 14.3. The second-order valence-corrected chi connectivity index (χ2v) is 5.49. The topological polar surface area (TPSA) is 79.5 Å². The Hall–Kier alpha value is -2.16. The molecule has 2 N–H and O–H groups in total. The molecule has 5 nitrogen and oxygen atoms in total. The van der Waals surface area contributed by atoms with Crippen molar-refractivity contribution in [2.75, 3.05) is 5.75 Å². The van der Waals surface area contributed by atoms with Crippen LogP contribution in [0.3, 0.4) is 0 Å². The van der Waals surface area contributed by atoms with Crippen LogP contribution in [-0.2, 0) is 16.0 Å². The van der Waals surface area contributed by atoms with E-state index >= 15 is 0 Å². The third-order valence-corrected chi connectivity index (χ3v) is 3.85. The number of benzene rings is 1. The minimum Gasteiger partial charge on any atom is -0.480 e. The first-order valence-electron chi connectivity index (χ1n) is 6.90. The Morgan fingerprint density at radius 1 is 1.29 bits per heavy atom. The molecular weight excluding hydrogens is 347 g/mol. The minimum atomic E-state index is -4.80. The van der Waals surface area contributed by atoms with Gasteiger partial charge in [-0.25, -0.2) is 4.79 Å². The van der Waals surface area contributed by atoms with Crippen molar-refractivity contribution in [2.24, 2.45) is 5.92 Å². The van der Waals surface area contributed by atoms with Crippen molar-refractivity contribution in [2.45, 2.75) is 18.6 Å². The highest BCUT2D eigenvalue weighted by Gasteiger charge is 2.44. The van der Waals surface area contributed by atoms with Crippen molar-refractivity contribution < 1.29 is 32.3 Å². The predicted molar refractivity (Wildman–Crippen MR) is 82.9 cm³/mol. The van der Waals surface area contributed by atoms with Gasteiger partial charge in [0.15, 0.2) is 0 Å². The van der Waals surface area contributed by atoms with Gasteiger partial charge >= 0.3 is 12.1 Å². The van der Waals surface area contributed by atoms with Crippen LogP contribution in [0.4, 0.5) is 13.2 Å². The smallest absolute Gasteiger partial charge is 0.401 e. The van der Waals surface area contributed by atoms with Gasteiger partial charge in [-0.05, 0) is 0 Å². The van der Waals surface area contributed by atoms with Crippen LogP contribution in [-0.4, -0.2) is 35.0 Å². The third kappa shape index (κ3) is 4.02. The van der Waals surface area contributed by atoms with Gasteiger partial charge in [0.1, 0.15) is 17.7 Å². The summed E-state index contributed by atoms with van der Waals surface area (Å²) in [6, 6.07) is 5.38. The Kier molecular flexibility index (Phi) is 5.43. The van der Waals surface area contributed by atoms with Gasteiger partial charge < -0.3 is 14.8 Å². The number of hydrogen-bond acceptors (Lipinski definition) is 4. The van der Waals surface area contributed by atoms with Gasteiger partial charge in [0, 0.05) is 22.9 Å². The van der Waals surface area contributed by atoms with E-state index in [4.69, 9.17) is 4.42 Å². The van der Waals surface area contributed by atoms with Crippen molar-refractivity contribution in [3.8, 4) is 0 Å². The molecule has 24 heavy (non-hydrogen) atoms. The van der Waals surface area contributed by atoms with E-state index in [0.717, 1.165) is 5.39 Å². The highest BCUT2D eigenvalue weighted by molar-refractivity contribution is 7.80. The molecule has 1 heterocycles. The van der Waals surface area contributed by atoms with Gasteiger partial charge in [-0.15, -0.1) is 0 Å². The molecule has 2 aromatic rings. The average Bonchev–Trinajstić information content (AvgIpc) is 2.89. The predicted octanol–water partition coefficient (Wildman–Crippen LogP) is 2.65. The summed E-state index contributed by atoms with van der Waals surface area (Å²) in [7, 11) is 0. The SMILES string of the molecule is O=C(O)[C@H](Cc1occ2ccccc12)NC(=O)[C@H](CS)C(F)(F)F. The van der Waals surface area contributed by atoms with E-state index in [1.165, 1.54) is 6.26 Å². The summed E-state index contributed by atoms with van der Waals surface area (Å²) in [5.74, 6) is -5.76. The van der Waals surface area contributed by atoms with Crippen LogP contribution in [0.2, 0.25) is 0 Å². The summed E-state index contributed by atoms with van der Waals surface area (Å²) >= 11 is 3.51. The van der Waals surface area contributed by atoms with Gasteiger partial charge in [0.2, 0.25) is 5.91 Å². The maximum atomic E-state index is 12.7. The lowest BCUT2D eigenvalue weighted by molar-refractivity contribution is -0.178. The van der Waals surface area contributed by atoms with Gasteiger partial charge in [-0.2, -0.15) is 25.8 Å². The molecule has 0 aliphatic carbocycles. The number of hydrogen-bond donors (Lipinski definition) is 3. The Morgan fingerprint density at radius 3 is 2.54 bits per heavy atom. The molecule has 0 bridgehead atoms. The monoisotopic (exact) mass is 361 g/mol. The first-order valence-corrected chi connectivity index (χ1v) is 7.53. The zero-order valence-electron chi connectivity index (χ0n) is 12.2. The van der Waals surface area contributed by atoms with Crippen molar-refractivity contribution in [1.82, 2.24) is 5.32 Å². The van der Waals surface area contributed by atoms with E-state index in [2.05, 4.69) is 12.6 Å². The number of aliphatic carboxylic acids is 1. The van der Waals surface area contributed by atoms with E-state index < -0.39 is 35.8 Å². The van der Waals surface area contributed by atoms with E-state index in [9.17, 15) is 27.9 Å². The van der Waals surface area contributed by atoms with Gasteiger partial charge in [-0.3, -0.25) is 4.79 Å². The van der Waals surface area contributed by atoms with Crippen LogP contribution >= 0.6 is 12.6 Å². The fraction of sp³-hybridized carbons (Fsp3) is 0.333. The van der Waals surface area contributed by atoms with Crippen molar-refractivity contribution in [1.29, 1.82) is 0 Å². The molecule has 2 rings (SSSR count). The van der Waals surface area contributed by atoms with E-state index in [-0.39, 0.29) is 12.2 Å². The molecule has 1 aromatic heterocycles. The first kappa shape index (κ1) is 18.2. The van der Waals surface area contributed by atoms with Crippen molar-refractivity contribution in [3.63, 3.8) is 0 Å². The second-order valence-electron chi connectivity index (χ2n) is 5.13. The number of amides is 1. The fourth-order valence-corrected chi connectivity index (χ4v) is 2.58. The molecule has 0 unspecified atom stereocenters. The Balaban J connectivity index is 2.18. The molecule has 0 saturated carbocycles. The number of furan rings is 1. The number of thiol groups is 1. The summed E-state index contributed by atoms with van der Waals surface area (Å²) in [4.78, 5) is 23.1. The maximum absolute atomic E-state index is 12.7. The zero-order valence-corrected chi connectivity index (χ0v) is 13.1. The molecule has 1 aromatic carbocycles. The van der Waals surface area contributed by atoms with E-state index in [1.54, 1.807) is 24.3 Å². The average molecular weight is 361 g/mol. The van der Waals surface area contributed by atoms with Crippen LogP contribution in [0.5, 0.6) is 0 Å². The lowest BCUT2D eigenvalue weighted by atomic mass is 10.1. The van der Waals surface area contributed by atoms with Crippen molar-refractivity contribution >= 4 is 35.3 Å². The summed E-state index contributed by atoms with van der Waals surface area (Å²) < 4.78 is 43.5. The van der Waals surface area contributed by atoms with Crippen LogP contribution < -0.4 is 5.32 Å². The highest BCUT2D eigenvalue weighted by atomic mass is 32.1. The van der Waals surface area contributed by atoms with Gasteiger partial charge in [0.25, 0.3) is 0 Å². The molecule has 0 fully saturated rings. The van der Waals surface area contributed by atoms with Crippen LogP contribution in [0.25, 0.3) is 10.8 Å². The lowest BCUT2D eigenvalue weighted by Gasteiger charge is -2.20. The quantitative estimate of drug-likeness (QED) is 0.691. The maximum Gasteiger partial charge on any atom is 0.401 e. The molecule has 0 aliphatic rings. The number of halogens is 3. The lowest BCUT2D eigenvalue weighted by Crippen LogP contribution is -2.48. The molecule has 0 spiro atoms. The second kappa shape index (κ2) is 7.16. The Bertz CT molecular complexity index is 744. The minimum absolute atomic E-state index is 0.271. The van der Waals surface area contributed by atoms with Crippen molar-refractivity contribution in [3.05, 3.63) is 36.3 Å². The first-order chi connectivity index (χ1) is 11.2. The molecule has 0 radical (unpaired) electrons. The van der Waals surface area contributed by atoms with Gasteiger partial charge in [0.05, 0.1) is 6.26 Å². The Morgan fingerprint density at radius 2 is 1.96 bits per heavy atom. The summed E-state index contributed by atoms with van der Waals surface area (Å²) in [5, 5.41) is 12.5. The molecule has 130 valence electrons. The molecule has 0 saturated heterocycles. The van der Waals surface area contributed by atoms with Gasteiger partial charge in [-0.1, -0.05) is 24.3 Å². The number of alkyl halides is 3. The number of carboxylic acids is 1. The van der Waals surface area contributed by atoms with E-state index in [0.29, 0.717) is 5.39 Å². The number of rotatable bonds is 6. The van der Waals surface area contributed by atoms with Crippen LogP contribution in [0, 0.1) is 5.92 Å². The Labute approximate surface area is 140 Å². The molecule has 9 heteroatoms. The third-order valence-electron chi connectivity index (χ3n) is 3.49. The number of carboxylic acid groups (broad SMARTS) is 1. The number of carbonyl (C=O) groups is 2. The zero-order chi connectivity index (χ0) is 17.9. The van der Waals surface area contributed by atoms with E-state index in [1.807, 2.05) is 5.32 Å². The summed E-state index contributed by atoms with van der Waals surface area (Å²) in [6.45, 7) is 0. The number of carbonyl (C=O) groups excluding carboxylic acids is 1. The molecule has 0 aliphatic heterocycles. The molecule has 2 atom stereocenters. The summed E-state index contributed by atoms with van der Waals surface area (Å²) in [5.41, 5.74) is 0. The largest absolute Gasteiger partial charge is 0.480 e. The fourth-order valence-electron chi connectivity index (χ4n) is 2.20. The molecular formula is C15H14F3NO4S. The summed E-state index contributed by atoms with van der Waals surface area (Å²) in [6.07, 6.45) is -3.66. The van der Waals surface area contributed by atoms with Crippen LogP contribution in [0.1, 0.15) is 5.76 Å². The highest BCUT2D eigenvalue weighted by Crippen LogP contribution is 2.28. The molecule has 1 amide bonds. The standard InChI is InChI=1S/C15H14F3NO4S/c16-15(17,18)10(7-24)13(20)19-11(14(21)22)5-12-9-4-2-1-3-8(9)6-23-12/h1-4,6,10-11,24H,5,7H2,(H,19,20)(H,21,22)/t10-,11-/m0/s1.